The zero-order valence-corrected chi connectivity index (χ0v) is 13.6. The lowest BCUT2D eigenvalue weighted by Crippen LogP contribution is -2.26. The summed E-state index contributed by atoms with van der Waals surface area (Å²) in [6.45, 7) is 0.184. The van der Waals surface area contributed by atoms with Crippen molar-refractivity contribution < 1.29 is 9.59 Å². The van der Waals surface area contributed by atoms with Gasteiger partial charge in [-0.2, -0.15) is 5.10 Å². The molecular formula is C18H15N5O3. The molecule has 2 heterocycles. The summed E-state index contributed by atoms with van der Waals surface area (Å²) < 4.78 is 0. The summed E-state index contributed by atoms with van der Waals surface area (Å²) in [5, 5.41) is 11.4. The van der Waals surface area contributed by atoms with Crippen molar-refractivity contribution in [2.75, 3.05) is 5.32 Å². The Labute approximate surface area is 148 Å². The van der Waals surface area contributed by atoms with Crippen molar-refractivity contribution >= 4 is 17.5 Å². The number of aromatic nitrogens is 3. The molecule has 0 aliphatic rings. The van der Waals surface area contributed by atoms with E-state index >= 15 is 0 Å². The lowest BCUT2D eigenvalue weighted by molar-refractivity contribution is 0.0944. The summed E-state index contributed by atoms with van der Waals surface area (Å²) in [5.41, 5.74) is 1.45. The molecule has 3 N–H and O–H groups in total. The number of para-hydroxylation sites is 1. The molecule has 0 fully saturated rings. The maximum atomic E-state index is 12.3. The number of benzene rings is 1. The molecule has 3 aromatic rings. The van der Waals surface area contributed by atoms with E-state index in [1.165, 1.54) is 18.3 Å². The monoisotopic (exact) mass is 349 g/mol. The summed E-state index contributed by atoms with van der Waals surface area (Å²) in [4.78, 5) is 39.3. The molecule has 0 saturated heterocycles. The first-order valence-electron chi connectivity index (χ1n) is 7.77. The Morgan fingerprint density at radius 3 is 2.58 bits per heavy atom. The van der Waals surface area contributed by atoms with Gasteiger partial charge in [0.2, 0.25) is 0 Å². The Balaban J connectivity index is 1.69. The van der Waals surface area contributed by atoms with Crippen LogP contribution in [0.25, 0.3) is 0 Å². The van der Waals surface area contributed by atoms with E-state index in [1.54, 1.807) is 42.6 Å². The quantitative estimate of drug-likeness (QED) is 0.643. The SMILES string of the molecule is O=C(Nc1ccccc1CNC(=O)c1ccc(=O)[nH]n1)c1cccnc1. The average Bonchev–Trinajstić information content (AvgIpc) is 2.68. The fourth-order valence-corrected chi connectivity index (χ4v) is 2.22. The highest BCUT2D eigenvalue weighted by Gasteiger charge is 2.11. The lowest BCUT2D eigenvalue weighted by Gasteiger charge is -2.11. The zero-order chi connectivity index (χ0) is 18.4. The van der Waals surface area contributed by atoms with Crippen LogP contribution >= 0.6 is 0 Å². The molecule has 2 aromatic heterocycles. The number of pyridine rings is 1. The van der Waals surface area contributed by atoms with Crippen LogP contribution < -0.4 is 16.2 Å². The van der Waals surface area contributed by atoms with Gasteiger partial charge in [-0.05, 0) is 29.8 Å². The van der Waals surface area contributed by atoms with Crippen molar-refractivity contribution in [2.24, 2.45) is 0 Å². The van der Waals surface area contributed by atoms with E-state index in [9.17, 15) is 14.4 Å². The topological polar surface area (TPSA) is 117 Å². The third kappa shape index (κ3) is 4.18. The second-order valence-electron chi connectivity index (χ2n) is 5.34. The van der Waals surface area contributed by atoms with Crippen LogP contribution in [-0.4, -0.2) is 27.0 Å². The molecule has 2 amide bonds. The normalized spacial score (nSPS) is 10.2. The predicted octanol–water partition coefficient (Wildman–Crippen LogP) is 1.35. The molecule has 130 valence electrons. The van der Waals surface area contributed by atoms with E-state index in [4.69, 9.17) is 0 Å². The number of hydrogen-bond donors (Lipinski definition) is 3. The van der Waals surface area contributed by atoms with Gasteiger partial charge in [0.15, 0.2) is 0 Å². The van der Waals surface area contributed by atoms with Crippen LogP contribution in [0.5, 0.6) is 0 Å². The highest BCUT2D eigenvalue weighted by molar-refractivity contribution is 6.04. The average molecular weight is 349 g/mol. The highest BCUT2D eigenvalue weighted by Crippen LogP contribution is 2.16. The van der Waals surface area contributed by atoms with Gasteiger partial charge in [-0.3, -0.25) is 19.4 Å². The molecule has 8 heteroatoms. The van der Waals surface area contributed by atoms with Crippen LogP contribution in [0.1, 0.15) is 26.4 Å². The number of carbonyl (C=O) groups is 2. The zero-order valence-electron chi connectivity index (χ0n) is 13.6. The van der Waals surface area contributed by atoms with E-state index in [0.29, 0.717) is 11.3 Å². The van der Waals surface area contributed by atoms with Crippen molar-refractivity contribution in [1.29, 1.82) is 0 Å². The summed E-state index contributed by atoms with van der Waals surface area (Å²) in [6, 6.07) is 13.0. The number of aromatic amines is 1. The van der Waals surface area contributed by atoms with Crippen LogP contribution in [0.3, 0.4) is 0 Å². The maximum Gasteiger partial charge on any atom is 0.271 e. The molecule has 0 aliphatic carbocycles. The maximum absolute atomic E-state index is 12.3. The van der Waals surface area contributed by atoms with Crippen molar-refractivity contribution in [3.8, 4) is 0 Å². The molecule has 0 radical (unpaired) electrons. The van der Waals surface area contributed by atoms with Gasteiger partial charge in [0.1, 0.15) is 5.69 Å². The molecule has 26 heavy (non-hydrogen) atoms. The fraction of sp³-hybridized carbons (Fsp3) is 0.0556. The van der Waals surface area contributed by atoms with Crippen LogP contribution in [0.15, 0.2) is 65.7 Å². The molecular weight excluding hydrogens is 334 g/mol. The summed E-state index contributed by atoms with van der Waals surface area (Å²) in [7, 11) is 0. The third-order valence-corrected chi connectivity index (χ3v) is 3.54. The smallest absolute Gasteiger partial charge is 0.271 e. The standard InChI is InChI=1S/C18H15N5O3/c24-16-8-7-15(22-23-16)18(26)20-11-12-4-1-2-6-14(12)21-17(25)13-5-3-9-19-10-13/h1-10H,11H2,(H,20,26)(H,21,25)(H,23,24). The molecule has 0 bridgehead atoms. The molecule has 3 rings (SSSR count). The van der Waals surface area contributed by atoms with E-state index in [0.717, 1.165) is 5.56 Å². The lowest BCUT2D eigenvalue weighted by atomic mass is 10.1. The van der Waals surface area contributed by atoms with Gasteiger partial charge >= 0.3 is 0 Å². The summed E-state index contributed by atoms with van der Waals surface area (Å²) in [6.07, 6.45) is 3.06. The Bertz CT molecular complexity index is 965. The van der Waals surface area contributed by atoms with Crippen molar-refractivity contribution in [3.63, 3.8) is 0 Å². The van der Waals surface area contributed by atoms with Crippen molar-refractivity contribution in [2.45, 2.75) is 6.54 Å². The molecule has 0 saturated carbocycles. The van der Waals surface area contributed by atoms with Gasteiger partial charge in [0.05, 0.1) is 5.56 Å². The first kappa shape index (κ1) is 17.0. The van der Waals surface area contributed by atoms with Gasteiger partial charge < -0.3 is 10.6 Å². The molecule has 0 aliphatic heterocycles. The van der Waals surface area contributed by atoms with E-state index in [1.807, 2.05) is 0 Å². The summed E-state index contributed by atoms with van der Waals surface area (Å²) in [5.74, 6) is -0.728. The van der Waals surface area contributed by atoms with Crippen molar-refractivity contribution in [1.82, 2.24) is 20.5 Å². The largest absolute Gasteiger partial charge is 0.346 e. The van der Waals surface area contributed by atoms with Crippen molar-refractivity contribution in [3.05, 3.63) is 88.1 Å². The number of H-pyrrole nitrogens is 1. The van der Waals surface area contributed by atoms with Crippen LogP contribution in [0.4, 0.5) is 5.69 Å². The Hall–Kier alpha value is -3.81. The molecule has 0 atom stereocenters. The molecule has 1 aromatic carbocycles. The number of anilines is 1. The highest BCUT2D eigenvalue weighted by atomic mass is 16.2. The van der Waals surface area contributed by atoms with E-state index in [-0.39, 0.29) is 23.7 Å². The number of nitrogens with zero attached hydrogens (tertiary/aromatic N) is 2. The molecule has 0 unspecified atom stereocenters. The van der Waals surface area contributed by atoms with Gasteiger partial charge in [0, 0.05) is 30.7 Å². The summed E-state index contributed by atoms with van der Waals surface area (Å²) >= 11 is 0. The van der Waals surface area contributed by atoms with Gasteiger partial charge in [-0.15, -0.1) is 0 Å². The number of amides is 2. The molecule has 8 nitrogen and oxygen atoms in total. The van der Waals surface area contributed by atoms with E-state index in [2.05, 4.69) is 25.8 Å². The fourth-order valence-electron chi connectivity index (χ4n) is 2.22. The van der Waals surface area contributed by atoms with Gasteiger partial charge in [0.25, 0.3) is 17.4 Å². The minimum atomic E-state index is -0.436. The van der Waals surface area contributed by atoms with Crippen LogP contribution in [0.2, 0.25) is 0 Å². The minimum Gasteiger partial charge on any atom is -0.346 e. The first-order chi connectivity index (χ1) is 12.6. The van der Waals surface area contributed by atoms with E-state index < -0.39 is 5.91 Å². The Kier molecular flexibility index (Phi) is 5.14. The Morgan fingerprint density at radius 2 is 1.85 bits per heavy atom. The predicted molar refractivity (Wildman–Crippen MR) is 94.7 cm³/mol. The first-order valence-corrected chi connectivity index (χ1v) is 7.77. The molecule has 0 spiro atoms. The minimum absolute atomic E-state index is 0.0986. The number of nitrogens with one attached hydrogen (secondary N) is 3. The third-order valence-electron chi connectivity index (χ3n) is 3.54. The second kappa shape index (κ2) is 7.84. The van der Waals surface area contributed by atoms with Crippen LogP contribution in [0, 0.1) is 0 Å². The second-order valence-corrected chi connectivity index (χ2v) is 5.34. The number of hydrogen-bond acceptors (Lipinski definition) is 5. The number of rotatable bonds is 5. The van der Waals surface area contributed by atoms with Gasteiger partial charge in [-0.25, -0.2) is 5.10 Å². The van der Waals surface area contributed by atoms with Gasteiger partial charge in [-0.1, -0.05) is 18.2 Å². The Morgan fingerprint density at radius 1 is 1.00 bits per heavy atom. The van der Waals surface area contributed by atoms with Crippen LogP contribution in [-0.2, 0) is 6.54 Å². The number of carbonyl (C=O) groups excluding carboxylic acids is 2.